The van der Waals surface area contributed by atoms with Gasteiger partial charge in [0, 0.05) is 51.7 Å². The summed E-state index contributed by atoms with van der Waals surface area (Å²) in [5, 5.41) is 9.32. The summed E-state index contributed by atoms with van der Waals surface area (Å²) >= 11 is 0. The number of carbonyl (C=O) groups is 1. The van der Waals surface area contributed by atoms with Crippen LogP contribution in [0.25, 0.3) is 0 Å². The number of rotatable bonds is 6. The first-order valence-electron chi connectivity index (χ1n) is 7.59. The van der Waals surface area contributed by atoms with E-state index in [1.807, 2.05) is 48.8 Å². The molecule has 0 aliphatic carbocycles. The number of carbonyl (C=O) groups excluding carboxylic acids is 1. The predicted octanol–water partition coefficient (Wildman–Crippen LogP) is 2.43. The van der Waals surface area contributed by atoms with Crippen LogP contribution in [-0.4, -0.2) is 30.0 Å². The summed E-state index contributed by atoms with van der Waals surface area (Å²) in [6.07, 6.45) is 4.07. The molecule has 0 aliphatic heterocycles. The van der Waals surface area contributed by atoms with Gasteiger partial charge in [0.15, 0.2) is 5.96 Å². The molecule has 1 aromatic heterocycles. The molecular formula is C17H24IN5O. The summed E-state index contributed by atoms with van der Waals surface area (Å²) in [7, 11) is 1.75. The van der Waals surface area contributed by atoms with Crippen LogP contribution in [0.15, 0.2) is 53.8 Å². The summed E-state index contributed by atoms with van der Waals surface area (Å²) in [4.78, 5) is 15.3. The van der Waals surface area contributed by atoms with Gasteiger partial charge in [0.05, 0.1) is 0 Å². The molecule has 0 radical (unpaired) electrons. The smallest absolute Gasteiger partial charge is 0.221 e. The van der Waals surface area contributed by atoms with Crippen molar-refractivity contribution in [2.24, 2.45) is 4.99 Å². The van der Waals surface area contributed by atoms with Gasteiger partial charge in [0.1, 0.15) is 0 Å². The molecule has 0 spiro atoms. The van der Waals surface area contributed by atoms with Crippen LogP contribution in [0.3, 0.4) is 0 Å². The average Bonchev–Trinajstić information content (AvgIpc) is 3.03. The Hall–Kier alpha value is -2.03. The largest absolute Gasteiger partial charge is 0.355 e. The van der Waals surface area contributed by atoms with Crippen molar-refractivity contribution in [1.29, 1.82) is 0 Å². The van der Waals surface area contributed by atoms with Crippen LogP contribution in [0, 0.1) is 0 Å². The quantitative estimate of drug-likeness (QED) is 0.367. The highest BCUT2D eigenvalue weighted by Crippen LogP contribution is 2.10. The van der Waals surface area contributed by atoms with Crippen molar-refractivity contribution >= 4 is 41.5 Å². The fourth-order valence-electron chi connectivity index (χ4n) is 2.19. The van der Waals surface area contributed by atoms with Crippen LogP contribution < -0.4 is 16.0 Å². The second-order valence-electron chi connectivity index (χ2n) is 5.15. The highest BCUT2D eigenvalue weighted by molar-refractivity contribution is 14.0. The summed E-state index contributed by atoms with van der Waals surface area (Å²) in [5.74, 6) is 0.680. The molecule has 6 nitrogen and oxygen atoms in total. The minimum absolute atomic E-state index is 0. The van der Waals surface area contributed by atoms with E-state index >= 15 is 0 Å². The van der Waals surface area contributed by atoms with Gasteiger partial charge in [-0.05, 0) is 29.8 Å². The van der Waals surface area contributed by atoms with Gasteiger partial charge in [-0.1, -0.05) is 12.1 Å². The molecule has 7 heteroatoms. The van der Waals surface area contributed by atoms with Gasteiger partial charge < -0.3 is 20.5 Å². The third-order valence-electron chi connectivity index (χ3n) is 3.26. The number of aromatic nitrogens is 1. The monoisotopic (exact) mass is 441 g/mol. The lowest BCUT2D eigenvalue weighted by Gasteiger charge is -2.13. The molecule has 24 heavy (non-hydrogen) atoms. The Labute approximate surface area is 159 Å². The Morgan fingerprint density at radius 1 is 1.17 bits per heavy atom. The van der Waals surface area contributed by atoms with E-state index < -0.39 is 0 Å². The minimum Gasteiger partial charge on any atom is -0.355 e. The third kappa shape index (κ3) is 7.03. The first-order valence-corrected chi connectivity index (χ1v) is 7.59. The lowest BCUT2D eigenvalue weighted by atomic mass is 10.2. The molecule has 1 aromatic carbocycles. The number of benzene rings is 1. The van der Waals surface area contributed by atoms with Gasteiger partial charge in [-0.3, -0.25) is 9.79 Å². The fraction of sp³-hybridized carbons (Fsp3) is 0.294. The number of guanidine groups is 1. The van der Waals surface area contributed by atoms with Crippen molar-refractivity contribution in [1.82, 2.24) is 15.2 Å². The van der Waals surface area contributed by atoms with Crippen molar-refractivity contribution in [2.75, 3.05) is 18.9 Å². The zero-order valence-electron chi connectivity index (χ0n) is 14.0. The molecule has 0 aliphatic rings. The van der Waals surface area contributed by atoms with Gasteiger partial charge in [0.25, 0.3) is 0 Å². The fourth-order valence-corrected chi connectivity index (χ4v) is 2.19. The number of halogens is 1. The van der Waals surface area contributed by atoms with Gasteiger partial charge in [0.2, 0.25) is 5.91 Å². The molecule has 0 saturated heterocycles. The highest BCUT2D eigenvalue weighted by atomic mass is 127. The lowest BCUT2D eigenvalue weighted by molar-refractivity contribution is -0.114. The summed E-state index contributed by atoms with van der Waals surface area (Å²) in [5.41, 5.74) is 1.87. The highest BCUT2D eigenvalue weighted by Gasteiger charge is 2.00. The molecule has 130 valence electrons. The molecule has 1 amide bonds. The van der Waals surface area contributed by atoms with E-state index in [1.165, 1.54) is 6.92 Å². The summed E-state index contributed by atoms with van der Waals surface area (Å²) in [6.45, 7) is 3.81. The number of aliphatic imine (C=N–C) groups is 1. The Morgan fingerprint density at radius 2 is 1.92 bits per heavy atom. The van der Waals surface area contributed by atoms with Crippen LogP contribution in [0.2, 0.25) is 0 Å². The maximum atomic E-state index is 11.1. The molecule has 1 heterocycles. The standard InChI is InChI=1S/C17H23N5O.HI/c1-14(23)21-16-7-5-6-15(12-16)13-20-17(18-2)19-8-11-22-9-3-4-10-22;/h3-7,9-10,12H,8,11,13H2,1-2H3,(H,21,23)(H2,18,19,20);1H. The summed E-state index contributed by atoms with van der Waals surface area (Å²) in [6, 6.07) is 11.8. The zero-order chi connectivity index (χ0) is 16.5. The second-order valence-corrected chi connectivity index (χ2v) is 5.15. The number of hydrogen-bond acceptors (Lipinski definition) is 2. The summed E-state index contributed by atoms with van der Waals surface area (Å²) < 4.78 is 2.11. The Morgan fingerprint density at radius 3 is 2.58 bits per heavy atom. The average molecular weight is 441 g/mol. The number of nitrogens with one attached hydrogen (secondary N) is 3. The van der Waals surface area contributed by atoms with Gasteiger partial charge >= 0.3 is 0 Å². The van der Waals surface area contributed by atoms with E-state index in [0.717, 1.165) is 30.3 Å². The molecule has 0 bridgehead atoms. The topological polar surface area (TPSA) is 70.5 Å². The first kappa shape index (κ1) is 20.0. The number of anilines is 1. The van der Waals surface area contributed by atoms with Crippen molar-refractivity contribution in [2.45, 2.75) is 20.0 Å². The van der Waals surface area contributed by atoms with Gasteiger partial charge in [-0.25, -0.2) is 0 Å². The van der Waals surface area contributed by atoms with Crippen molar-refractivity contribution in [3.8, 4) is 0 Å². The molecule has 0 saturated carbocycles. The molecule has 0 atom stereocenters. The number of amides is 1. The predicted molar refractivity (Wildman–Crippen MR) is 109 cm³/mol. The lowest BCUT2D eigenvalue weighted by Crippen LogP contribution is -2.38. The maximum absolute atomic E-state index is 11.1. The van der Waals surface area contributed by atoms with Gasteiger partial charge in [-0.2, -0.15) is 0 Å². The van der Waals surface area contributed by atoms with Crippen LogP contribution in [0.4, 0.5) is 5.69 Å². The van der Waals surface area contributed by atoms with Crippen LogP contribution in [0.1, 0.15) is 12.5 Å². The SMILES string of the molecule is CN=C(NCCn1cccc1)NCc1cccc(NC(C)=O)c1.I. The van der Waals surface area contributed by atoms with E-state index in [1.54, 1.807) is 7.05 Å². The molecular weight excluding hydrogens is 417 g/mol. The van der Waals surface area contributed by atoms with E-state index in [-0.39, 0.29) is 29.9 Å². The first-order chi connectivity index (χ1) is 11.2. The Kier molecular flexibility index (Phi) is 8.92. The van der Waals surface area contributed by atoms with Crippen molar-refractivity contribution in [3.63, 3.8) is 0 Å². The Balaban J connectivity index is 0.00000288. The van der Waals surface area contributed by atoms with E-state index in [9.17, 15) is 4.79 Å². The second kappa shape index (κ2) is 10.7. The maximum Gasteiger partial charge on any atom is 0.221 e. The molecule has 3 N–H and O–H groups in total. The number of nitrogens with zero attached hydrogens (tertiary/aromatic N) is 2. The number of hydrogen-bond donors (Lipinski definition) is 3. The third-order valence-corrected chi connectivity index (χ3v) is 3.26. The molecule has 2 aromatic rings. The molecule has 0 fully saturated rings. The van der Waals surface area contributed by atoms with E-state index in [4.69, 9.17) is 0 Å². The van der Waals surface area contributed by atoms with Crippen LogP contribution in [-0.2, 0) is 17.9 Å². The van der Waals surface area contributed by atoms with Gasteiger partial charge in [-0.15, -0.1) is 24.0 Å². The normalized spacial score (nSPS) is 10.7. The van der Waals surface area contributed by atoms with Crippen LogP contribution in [0.5, 0.6) is 0 Å². The van der Waals surface area contributed by atoms with E-state index in [2.05, 4.69) is 25.5 Å². The van der Waals surface area contributed by atoms with E-state index in [0.29, 0.717) is 6.54 Å². The molecule has 2 rings (SSSR count). The molecule has 0 unspecified atom stereocenters. The van der Waals surface area contributed by atoms with Crippen LogP contribution >= 0.6 is 24.0 Å². The zero-order valence-corrected chi connectivity index (χ0v) is 16.3. The minimum atomic E-state index is -0.0717. The van der Waals surface area contributed by atoms with Crippen molar-refractivity contribution in [3.05, 3.63) is 54.4 Å². The van der Waals surface area contributed by atoms with Crippen molar-refractivity contribution < 1.29 is 4.79 Å². The Bertz CT molecular complexity index is 655.